The van der Waals surface area contributed by atoms with Crippen molar-refractivity contribution in [1.82, 2.24) is 9.88 Å². The van der Waals surface area contributed by atoms with E-state index >= 15 is 0 Å². The summed E-state index contributed by atoms with van der Waals surface area (Å²) < 4.78 is 16.6. The van der Waals surface area contributed by atoms with Crippen molar-refractivity contribution in [2.24, 2.45) is 0 Å². The topological polar surface area (TPSA) is 78.0 Å². The van der Waals surface area contributed by atoms with Crippen molar-refractivity contribution in [1.29, 1.82) is 0 Å². The second-order valence-electron chi connectivity index (χ2n) is 6.35. The second-order valence-corrected chi connectivity index (χ2v) is 7.41. The molecule has 7 nitrogen and oxygen atoms in total. The molecule has 3 rings (SSSR count). The van der Waals surface area contributed by atoms with Gasteiger partial charge in [-0.25, -0.2) is 9.78 Å². The summed E-state index contributed by atoms with van der Waals surface area (Å²) in [6.07, 6.45) is 0. The average Bonchev–Trinajstić information content (AvgIpc) is 3.19. The molecule has 0 N–H and O–H groups in total. The van der Waals surface area contributed by atoms with Crippen LogP contribution in [0.1, 0.15) is 28.3 Å². The summed E-state index contributed by atoms with van der Waals surface area (Å²) in [6.45, 7) is 1.53. The van der Waals surface area contributed by atoms with Crippen LogP contribution in [0.3, 0.4) is 0 Å². The predicted molar refractivity (Wildman–Crippen MR) is 111 cm³/mol. The van der Waals surface area contributed by atoms with E-state index in [9.17, 15) is 9.59 Å². The van der Waals surface area contributed by atoms with Crippen molar-refractivity contribution >= 4 is 33.4 Å². The number of nitrogens with zero attached hydrogens (tertiary/aromatic N) is 2. The highest BCUT2D eigenvalue weighted by Crippen LogP contribution is 2.29. The van der Waals surface area contributed by atoms with Gasteiger partial charge in [0.05, 0.1) is 36.0 Å². The van der Waals surface area contributed by atoms with Gasteiger partial charge in [0.1, 0.15) is 5.01 Å². The first kappa shape index (κ1) is 20.6. The smallest absolute Gasteiger partial charge is 0.338 e. The fourth-order valence-corrected chi connectivity index (χ4v) is 3.79. The lowest BCUT2D eigenvalue weighted by atomic mass is 10.2. The Morgan fingerprint density at radius 2 is 1.83 bits per heavy atom. The molecule has 0 saturated heterocycles. The van der Waals surface area contributed by atoms with Gasteiger partial charge in [-0.15, -0.1) is 11.3 Å². The molecule has 0 bridgehead atoms. The third-order valence-electron chi connectivity index (χ3n) is 4.59. The monoisotopic (exact) mass is 414 g/mol. The molecule has 3 aromatic rings. The maximum atomic E-state index is 12.5. The van der Waals surface area contributed by atoms with Crippen LogP contribution in [0.15, 0.2) is 42.5 Å². The van der Waals surface area contributed by atoms with Gasteiger partial charge in [-0.1, -0.05) is 12.1 Å². The Hall–Kier alpha value is -3.13. The highest BCUT2D eigenvalue weighted by Gasteiger charge is 2.22. The Morgan fingerprint density at radius 3 is 2.52 bits per heavy atom. The molecular formula is C21H22N2O5S. The molecule has 0 aliphatic heterocycles. The number of amides is 1. The lowest BCUT2D eigenvalue weighted by Crippen LogP contribution is -2.33. The molecule has 0 saturated carbocycles. The van der Waals surface area contributed by atoms with Gasteiger partial charge in [0.15, 0.2) is 18.1 Å². The normalized spacial score (nSPS) is 11.7. The van der Waals surface area contributed by atoms with Gasteiger partial charge in [-0.05, 0) is 37.3 Å². The second kappa shape index (κ2) is 8.91. The van der Waals surface area contributed by atoms with E-state index in [0.717, 1.165) is 15.2 Å². The standard InChI is InChI=1S/C21H22N2O5S/c1-13(20-22-15-7-5-6-8-18(15)29-20)23(2)19(24)12-28-21(25)14-9-10-16(26-3)17(11-14)27-4/h5-11,13H,12H2,1-4H3/t13-/m0/s1. The first-order valence-corrected chi connectivity index (χ1v) is 9.76. The van der Waals surface area contributed by atoms with Crippen LogP contribution in [0.4, 0.5) is 0 Å². The van der Waals surface area contributed by atoms with Crippen LogP contribution in [-0.4, -0.2) is 49.6 Å². The SMILES string of the molecule is COc1ccc(C(=O)OCC(=O)N(C)[C@@H](C)c2nc3ccccc3s2)cc1OC. The minimum Gasteiger partial charge on any atom is -0.493 e. The molecule has 29 heavy (non-hydrogen) atoms. The first-order valence-electron chi connectivity index (χ1n) is 8.95. The first-order chi connectivity index (χ1) is 13.9. The minimum absolute atomic E-state index is 0.236. The lowest BCUT2D eigenvalue weighted by molar-refractivity contribution is -0.135. The van der Waals surface area contributed by atoms with Gasteiger partial charge in [0.2, 0.25) is 0 Å². The molecular weight excluding hydrogens is 392 g/mol. The predicted octanol–water partition coefficient (Wildman–Crippen LogP) is 3.69. The van der Waals surface area contributed by atoms with Crippen molar-refractivity contribution in [3.63, 3.8) is 0 Å². The highest BCUT2D eigenvalue weighted by molar-refractivity contribution is 7.18. The van der Waals surface area contributed by atoms with Gasteiger partial charge in [0.25, 0.3) is 5.91 Å². The van der Waals surface area contributed by atoms with Crippen molar-refractivity contribution < 1.29 is 23.8 Å². The van der Waals surface area contributed by atoms with E-state index in [1.807, 2.05) is 31.2 Å². The maximum Gasteiger partial charge on any atom is 0.338 e. The third-order valence-corrected chi connectivity index (χ3v) is 5.79. The zero-order valence-corrected chi connectivity index (χ0v) is 17.5. The van der Waals surface area contributed by atoms with Gasteiger partial charge in [-0.3, -0.25) is 4.79 Å². The van der Waals surface area contributed by atoms with Crippen LogP contribution in [-0.2, 0) is 9.53 Å². The summed E-state index contributed by atoms with van der Waals surface area (Å²) in [7, 11) is 4.66. The van der Waals surface area contributed by atoms with Gasteiger partial charge in [-0.2, -0.15) is 0 Å². The summed E-state index contributed by atoms with van der Waals surface area (Å²) in [5.41, 5.74) is 1.18. The Bertz CT molecular complexity index is 1000. The molecule has 0 aliphatic rings. The van der Waals surface area contributed by atoms with E-state index < -0.39 is 5.97 Å². The quantitative estimate of drug-likeness (QED) is 0.549. The number of hydrogen-bond donors (Lipinski definition) is 0. The molecule has 1 aromatic heterocycles. The number of fused-ring (bicyclic) bond motifs is 1. The molecule has 1 amide bonds. The van der Waals surface area contributed by atoms with Gasteiger partial charge >= 0.3 is 5.97 Å². The molecule has 152 valence electrons. The summed E-state index contributed by atoms with van der Waals surface area (Å²) in [4.78, 5) is 30.9. The Labute approximate surface area is 172 Å². The molecule has 2 aromatic carbocycles. The van der Waals surface area contributed by atoms with Crippen molar-refractivity contribution in [2.75, 3.05) is 27.9 Å². The Kier molecular flexibility index (Phi) is 6.33. The molecule has 0 radical (unpaired) electrons. The highest BCUT2D eigenvalue weighted by atomic mass is 32.1. The molecule has 0 spiro atoms. The number of rotatable bonds is 7. The number of aromatic nitrogens is 1. The third kappa shape index (κ3) is 4.48. The van der Waals surface area contributed by atoms with E-state index in [1.54, 1.807) is 30.5 Å². The van der Waals surface area contributed by atoms with Crippen LogP contribution in [0.25, 0.3) is 10.2 Å². The van der Waals surface area contributed by atoms with Crippen LogP contribution in [0, 0.1) is 0 Å². The maximum absolute atomic E-state index is 12.5. The lowest BCUT2D eigenvalue weighted by Gasteiger charge is -2.23. The van der Waals surface area contributed by atoms with Crippen LogP contribution in [0.5, 0.6) is 11.5 Å². The summed E-state index contributed by atoms with van der Waals surface area (Å²) in [5, 5.41) is 0.827. The number of methoxy groups -OCH3 is 2. The zero-order chi connectivity index (χ0) is 21.0. The number of carbonyl (C=O) groups is 2. The number of para-hydroxylation sites is 1. The molecule has 1 heterocycles. The number of ether oxygens (including phenoxy) is 3. The zero-order valence-electron chi connectivity index (χ0n) is 16.7. The van der Waals surface area contributed by atoms with Crippen molar-refractivity contribution in [3.05, 3.63) is 53.0 Å². The Morgan fingerprint density at radius 1 is 1.10 bits per heavy atom. The summed E-state index contributed by atoms with van der Waals surface area (Å²) >= 11 is 1.54. The molecule has 0 unspecified atom stereocenters. The van der Waals surface area contributed by atoms with E-state index in [-0.39, 0.29) is 24.1 Å². The van der Waals surface area contributed by atoms with E-state index in [0.29, 0.717) is 11.5 Å². The fraction of sp³-hybridized carbons (Fsp3) is 0.286. The summed E-state index contributed by atoms with van der Waals surface area (Å²) in [5.74, 6) is -0.00898. The fourth-order valence-electron chi connectivity index (χ4n) is 2.73. The van der Waals surface area contributed by atoms with Crippen LogP contribution < -0.4 is 9.47 Å². The van der Waals surface area contributed by atoms with E-state index in [4.69, 9.17) is 14.2 Å². The number of esters is 1. The summed E-state index contributed by atoms with van der Waals surface area (Å²) in [6, 6.07) is 12.3. The van der Waals surface area contributed by atoms with E-state index in [1.165, 1.54) is 25.2 Å². The number of carbonyl (C=O) groups excluding carboxylic acids is 2. The van der Waals surface area contributed by atoms with Crippen LogP contribution >= 0.6 is 11.3 Å². The van der Waals surface area contributed by atoms with Crippen molar-refractivity contribution in [2.45, 2.75) is 13.0 Å². The molecule has 0 fully saturated rings. The minimum atomic E-state index is -0.611. The van der Waals surface area contributed by atoms with E-state index in [2.05, 4.69) is 4.98 Å². The van der Waals surface area contributed by atoms with Gasteiger partial charge < -0.3 is 19.1 Å². The number of thiazole rings is 1. The average molecular weight is 414 g/mol. The van der Waals surface area contributed by atoms with Crippen molar-refractivity contribution in [3.8, 4) is 11.5 Å². The largest absolute Gasteiger partial charge is 0.493 e. The molecule has 1 atom stereocenters. The van der Waals surface area contributed by atoms with Gasteiger partial charge in [0, 0.05) is 7.05 Å². The molecule has 8 heteroatoms. The molecule has 0 aliphatic carbocycles. The van der Waals surface area contributed by atoms with Crippen LogP contribution in [0.2, 0.25) is 0 Å². The Balaban J connectivity index is 1.62. The number of likely N-dealkylation sites (N-methyl/N-ethyl adjacent to an activating group) is 1. The number of benzene rings is 2. The number of hydrogen-bond acceptors (Lipinski definition) is 7.